The number of anilines is 2. The smallest absolute Gasteiger partial charge is 0.266 e. The molecule has 1 aromatic carbocycles. The fourth-order valence-electron chi connectivity index (χ4n) is 1.38. The molecular weight excluding hydrogens is 366 g/mol. The number of aromatic nitrogens is 2. The Labute approximate surface area is 134 Å². The van der Waals surface area contributed by atoms with Crippen molar-refractivity contribution >= 4 is 56.3 Å². The summed E-state index contributed by atoms with van der Waals surface area (Å²) in [6, 6.07) is 2.00. The van der Waals surface area contributed by atoms with Gasteiger partial charge in [0.05, 0.1) is 5.69 Å². The monoisotopic (exact) mass is 370 g/mol. The van der Waals surface area contributed by atoms with E-state index in [2.05, 4.69) is 9.97 Å². The molecule has 21 heavy (non-hydrogen) atoms. The maximum absolute atomic E-state index is 13.9. The van der Waals surface area contributed by atoms with Crippen molar-refractivity contribution in [2.75, 3.05) is 10.5 Å². The summed E-state index contributed by atoms with van der Waals surface area (Å²) in [5, 5.41) is -0.422. The van der Waals surface area contributed by atoms with Crippen LogP contribution >= 0.6 is 34.8 Å². The molecule has 2 aromatic rings. The second-order valence-electron chi connectivity index (χ2n) is 3.74. The molecule has 11 heteroatoms. The summed E-state index contributed by atoms with van der Waals surface area (Å²) < 4.78 is 40.2. The maximum Gasteiger partial charge on any atom is 0.266 e. The molecule has 2 rings (SSSR count). The molecule has 0 bridgehead atoms. The SMILES string of the molecule is Nc1cc(Cl)cc(S(=O)(=O)Nc2ncnc(Cl)c2Cl)c1F. The number of nitrogen functional groups attached to an aromatic ring is 1. The van der Waals surface area contributed by atoms with Gasteiger partial charge in [-0.1, -0.05) is 34.8 Å². The third-order valence-electron chi connectivity index (χ3n) is 2.30. The van der Waals surface area contributed by atoms with E-state index in [0.717, 1.165) is 18.5 Å². The third-order valence-corrected chi connectivity index (χ3v) is 4.60. The molecule has 0 aliphatic carbocycles. The van der Waals surface area contributed by atoms with Gasteiger partial charge in [-0.3, -0.25) is 4.72 Å². The Morgan fingerprint density at radius 2 is 1.86 bits per heavy atom. The third kappa shape index (κ3) is 3.29. The van der Waals surface area contributed by atoms with Gasteiger partial charge in [0.25, 0.3) is 10.0 Å². The molecule has 0 amide bonds. The zero-order valence-corrected chi connectivity index (χ0v) is 13.0. The Morgan fingerprint density at radius 1 is 1.19 bits per heavy atom. The van der Waals surface area contributed by atoms with Gasteiger partial charge < -0.3 is 5.73 Å². The number of rotatable bonds is 3. The lowest BCUT2D eigenvalue weighted by Gasteiger charge is -2.11. The van der Waals surface area contributed by atoms with Crippen LogP contribution in [-0.2, 0) is 10.0 Å². The van der Waals surface area contributed by atoms with Gasteiger partial charge in [0, 0.05) is 5.02 Å². The summed E-state index contributed by atoms with van der Waals surface area (Å²) in [4.78, 5) is 6.44. The normalized spacial score (nSPS) is 11.4. The van der Waals surface area contributed by atoms with Gasteiger partial charge >= 0.3 is 0 Å². The van der Waals surface area contributed by atoms with Crippen LogP contribution in [0, 0.1) is 5.82 Å². The highest BCUT2D eigenvalue weighted by atomic mass is 35.5. The Bertz CT molecular complexity index is 816. The van der Waals surface area contributed by atoms with Crippen molar-refractivity contribution in [3.63, 3.8) is 0 Å². The van der Waals surface area contributed by atoms with Crippen LogP contribution < -0.4 is 10.5 Å². The number of benzene rings is 1. The van der Waals surface area contributed by atoms with Gasteiger partial charge in [-0.2, -0.15) is 0 Å². The number of hydrogen-bond donors (Lipinski definition) is 2. The molecule has 0 fully saturated rings. The van der Waals surface area contributed by atoms with E-state index in [1.165, 1.54) is 0 Å². The molecule has 0 unspecified atom stereocenters. The first-order valence-corrected chi connectivity index (χ1v) is 7.77. The lowest BCUT2D eigenvalue weighted by atomic mass is 10.3. The molecule has 6 nitrogen and oxygen atoms in total. The van der Waals surface area contributed by atoms with E-state index in [0.29, 0.717) is 0 Å². The Kier molecular flexibility index (Phi) is 4.43. The number of nitrogens with zero attached hydrogens (tertiary/aromatic N) is 2. The summed E-state index contributed by atoms with van der Waals surface area (Å²) in [6.07, 6.45) is 0.995. The summed E-state index contributed by atoms with van der Waals surface area (Å²) >= 11 is 17.1. The number of nitrogens with two attached hydrogens (primary N) is 1. The number of sulfonamides is 1. The predicted octanol–water partition coefficient (Wildman–Crippen LogP) is 2.96. The highest BCUT2D eigenvalue weighted by molar-refractivity contribution is 7.92. The number of hydrogen-bond acceptors (Lipinski definition) is 5. The summed E-state index contributed by atoms with van der Waals surface area (Å²) in [5.74, 6) is -1.43. The van der Waals surface area contributed by atoms with Crippen LogP contribution in [-0.4, -0.2) is 18.4 Å². The van der Waals surface area contributed by atoms with E-state index < -0.39 is 26.4 Å². The van der Waals surface area contributed by atoms with Crippen molar-refractivity contribution in [3.8, 4) is 0 Å². The minimum Gasteiger partial charge on any atom is -0.396 e. The first-order valence-electron chi connectivity index (χ1n) is 5.15. The largest absolute Gasteiger partial charge is 0.396 e. The van der Waals surface area contributed by atoms with E-state index in [4.69, 9.17) is 40.5 Å². The summed E-state index contributed by atoms with van der Waals surface area (Å²) in [5.41, 5.74) is 4.93. The quantitative estimate of drug-likeness (QED) is 0.638. The fourth-order valence-corrected chi connectivity index (χ4v) is 3.16. The molecule has 0 saturated carbocycles. The molecule has 0 spiro atoms. The maximum atomic E-state index is 13.9. The van der Waals surface area contributed by atoms with Gasteiger partial charge in [-0.25, -0.2) is 22.8 Å². The van der Waals surface area contributed by atoms with Crippen LogP contribution in [0.5, 0.6) is 0 Å². The molecule has 0 aliphatic heterocycles. The van der Waals surface area contributed by atoms with Crippen molar-refractivity contribution < 1.29 is 12.8 Å². The Balaban J connectivity index is 2.51. The molecular formula is C10H6Cl3FN4O2S. The zero-order chi connectivity index (χ0) is 15.8. The molecule has 0 atom stereocenters. The van der Waals surface area contributed by atoms with Crippen molar-refractivity contribution in [3.05, 3.63) is 39.5 Å². The molecule has 0 radical (unpaired) electrons. The van der Waals surface area contributed by atoms with Crippen LogP contribution in [0.2, 0.25) is 15.2 Å². The summed E-state index contributed by atoms with van der Waals surface area (Å²) in [6.45, 7) is 0. The van der Waals surface area contributed by atoms with Gasteiger partial charge in [0.1, 0.15) is 16.2 Å². The van der Waals surface area contributed by atoms with Gasteiger partial charge in [-0.15, -0.1) is 0 Å². The predicted molar refractivity (Wildman–Crippen MR) is 78.7 cm³/mol. The second kappa shape index (κ2) is 5.80. The van der Waals surface area contributed by atoms with E-state index in [9.17, 15) is 12.8 Å². The van der Waals surface area contributed by atoms with Crippen LogP contribution in [0.3, 0.4) is 0 Å². The standard InChI is InChI=1S/C10H6Cl3FN4O2S/c11-4-1-5(15)8(14)6(2-4)21(19,20)18-10-7(12)9(13)16-3-17-10/h1-3H,15H2,(H,16,17,18). The Hall–Kier alpha value is -1.35. The first-order chi connectivity index (χ1) is 9.72. The van der Waals surface area contributed by atoms with Crippen LogP contribution in [0.15, 0.2) is 23.4 Å². The molecule has 3 N–H and O–H groups in total. The average Bonchev–Trinajstić information content (AvgIpc) is 2.39. The van der Waals surface area contributed by atoms with Crippen molar-refractivity contribution in [2.24, 2.45) is 0 Å². The fraction of sp³-hybridized carbons (Fsp3) is 0. The van der Waals surface area contributed by atoms with Crippen molar-refractivity contribution in [1.82, 2.24) is 9.97 Å². The van der Waals surface area contributed by atoms with E-state index in [1.54, 1.807) is 0 Å². The lowest BCUT2D eigenvalue weighted by Crippen LogP contribution is -2.17. The topological polar surface area (TPSA) is 98.0 Å². The molecule has 1 aromatic heterocycles. The Morgan fingerprint density at radius 3 is 2.52 bits per heavy atom. The van der Waals surface area contributed by atoms with Crippen LogP contribution in [0.25, 0.3) is 0 Å². The minimum atomic E-state index is -4.35. The van der Waals surface area contributed by atoms with E-state index in [1.807, 2.05) is 4.72 Å². The first kappa shape index (κ1) is 16.0. The summed E-state index contributed by atoms with van der Waals surface area (Å²) in [7, 11) is -4.35. The van der Waals surface area contributed by atoms with Crippen molar-refractivity contribution in [2.45, 2.75) is 4.90 Å². The zero-order valence-electron chi connectivity index (χ0n) is 9.94. The van der Waals surface area contributed by atoms with Gasteiger partial charge in [-0.05, 0) is 12.1 Å². The number of halogens is 4. The van der Waals surface area contributed by atoms with Crippen molar-refractivity contribution in [1.29, 1.82) is 0 Å². The van der Waals surface area contributed by atoms with E-state index >= 15 is 0 Å². The molecule has 1 heterocycles. The lowest BCUT2D eigenvalue weighted by molar-refractivity contribution is 0.572. The van der Waals surface area contributed by atoms with Gasteiger partial charge in [0.2, 0.25) is 0 Å². The molecule has 0 aliphatic rings. The number of nitrogens with one attached hydrogen (secondary N) is 1. The highest BCUT2D eigenvalue weighted by Gasteiger charge is 2.24. The average molecular weight is 372 g/mol. The minimum absolute atomic E-state index is 0.0407. The molecule has 0 saturated heterocycles. The van der Waals surface area contributed by atoms with Gasteiger partial charge in [0.15, 0.2) is 16.8 Å². The highest BCUT2D eigenvalue weighted by Crippen LogP contribution is 2.30. The van der Waals surface area contributed by atoms with Crippen LogP contribution in [0.4, 0.5) is 15.9 Å². The van der Waals surface area contributed by atoms with Crippen LogP contribution in [0.1, 0.15) is 0 Å². The van der Waals surface area contributed by atoms with E-state index in [-0.39, 0.29) is 21.0 Å². The second-order valence-corrected chi connectivity index (χ2v) is 6.56. The molecule has 112 valence electrons.